The molecule has 0 aliphatic carbocycles. The van der Waals surface area contributed by atoms with Gasteiger partial charge in [-0.15, -0.1) is 0 Å². The van der Waals surface area contributed by atoms with E-state index in [0.29, 0.717) is 11.3 Å². The van der Waals surface area contributed by atoms with Crippen LogP contribution < -0.4 is 4.57 Å². The van der Waals surface area contributed by atoms with Crippen molar-refractivity contribution in [2.75, 3.05) is 0 Å². The lowest BCUT2D eigenvalue weighted by Gasteiger charge is -2.11. The second kappa shape index (κ2) is 6.59. The third-order valence-corrected chi connectivity index (χ3v) is 4.47. The van der Waals surface area contributed by atoms with Gasteiger partial charge >= 0.3 is 0 Å². The first-order valence-electron chi connectivity index (χ1n) is 8.04. The molecule has 0 spiro atoms. The van der Waals surface area contributed by atoms with Gasteiger partial charge in [-0.2, -0.15) is 9.83 Å². The van der Waals surface area contributed by atoms with E-state index < -0.39 is 0 Å². The third-order valence-electron chi connectivity index (χ3n) is 4.47. The van der Waals surface area contributed by atoms with Gasteiger partial charge in [-0.3, -0.25) is 0 Å². The molecule has 3 rings (SSSR count). The Kier molecular flexibility index (Phi) is 4.33. The summed E-state index contributed by atoms with van der Waals surface area (Å²) in [5.74, 6) is 0. The maximum absolute atomic E-state index is 9.16. The van der Waals surface area contributed by atoms with E-state index in [0.717, 1.165) is 22.5 Å². The van der Waals surface area contributed by atoms with Gasteiger partial charge in [0.1, 0.15) is 7.05 Å². The van der Waals surface area contributed by atoms with E-state index in [9.17, 15) is 0 Å². The van der Waals surface area contributed by atoms with Crippen LogP contribution in [0.25, 0.3) is 27.4 Å². The summed E-state index contributed by atoms with van der Waals surface area (Å²) >= 11 is 0. The molecule has 0 radical (unpaired) electrons. The quantitative estimate of drug-likeness (QED) is 0.488. The summed E-state index contributed by atoms with van der Waals surface area (Å²) in [6.45, 7) is 11.6. The second-order valence-corrected chi connectivity index (χ2v) is 6.08. The average Bonchev–Trinajstić information content (AvgIpc) is 2.62. The van der Waals surface area contributed by atoms with Crippen LogP contribution in [0, 0.1) is 31.8 Å². The zero-order valence-corrected chi connectivity index (χ0v) is 14.5. The third kappa shape index (κ3) is 2.89. The van der Waals surface area contributed by atoms with Gasteiger partial charge in [-0.1, -0.05) is 18.2 Å². The molecule has 0 N–H and O–H groups in total. The van der Waals surface area contributed by atoms with Gasteiger partial charge in [0.15, 0.2) is 0 Å². The molecule has 0 amide bonds. The highest BCUT2D eigenvalue weighted by Gasteiger charge is 2.21. The monoisotopic (exact) mass is 324 g/mol. The van der Waals surface area contributed by atoms with E-state index in [4.69, 9.17) is 11.8 Å². The number of nitriles is 1. The van der Waals surface area contributed by atoms with Crippen molar-refractivity contribution in [1.29, 1.82) is 5.26 Å². The zero-order chi connectivity index (χ0) is 18.0. The van der Waals surface area contributed by atoms with Crippen molar-refractivity contribution in [1.82, 2.24) is 0 Å². The summed E-state index contributed by atoms with van der Waals surface area (Å²) in [6, 6.07) is 20.0. The van der Waals surface area contributed by atoms with E-state index in [1.54, 1.807) is 6.07 Å². The predicted molar refractivity (Wildman–Crippen MR) is 98.9 cm³/mol. The highest BCUT2D eigenvalue weighted by Crippen LogP contribution is 2.34. The van der Waals surface area contributed by atoms with Crippen LogP contribution in [0.3, 0.4) is 0 Å². The van der Waals surface area contributed by atoms with Crippen molar-refractivity contribution in [2.45, 2.75) is 13.8 Å². The molecule has 120 valence electrons. The lowest BCUT2D eigenvalue weighted by molar-refractivity contribution is -0.649. The Morgan fingerprint density at radius 2 is 1.68 bits per heavy atom. The van der Waals surface area contributed by atoms with Crippen LogP contribution in [0.4, 0.5) is 5.69 Å². The fourth-order valence-corrected chi connectivity index (χ4v) is 3.22. The van der Waals surface area contributed by atoms with Crippen molar-refractivity contribution in [3.8, 4) is 28.6 Å². The summed E-state index contributed by atoms with van der Waals surface area (Å²) in [5, 5.41) is 9.16. The zero-order valence-electron chi connectivity index (χ0n) is 14.5. The SMILES string of the molecule is [C-]#[N+]c1cc(C#N)cc(C)c1-c1cccc(-c2ccccc2C)[n+]1C. The molecule has 1 aromatic heterocycles. The first kappa shape index (κ1) is 16.4. The predicted octanol–water partition coefficient (Wildman–Crippen LogP) is 4.88. The molecule has 1 heterocycles. The minimum absolute atomic E-state index is 0.508. The lowest BCUT2D eigenvalue weighted by atomic mass is 9.98. The Balaban J connectivity index is 2.29. The Labute approximate surface area is 148 Å². The van der Waals surface area contributed by atoms with Crippen LogP contribution in [0.5, 0.6) is 0 Å². The summed E-state index contributed by atoms with van der Waals surface area (Å²) < 4.78 is 2.12. The minimum Gasteiger partial charge on any atom is -0.237 e. The van der Waals surface area contributed by atoms with E-state index in [1.165, 1.54) is 11.1 Å². The van der Waals surface area contributed by atoms with Gasteiger partial charge in [0.2, 0.25) is 17.1 Å². The molecular formula is C22H18N3+. The van der Waals surface area contributed by atoms with E-state index >= 15 is 0 Å². The number of benzene rings is 2. The van der Waals surface area contributed by atoms with Gasteiger partial charge in [-0.25, -0.2) is 4.85 Å². The number of aryl methyl sites for hydroxylation is 2. The molecule has 3 aromatic rings. The maximum Gasteiger partial charge on any atom is 0.212 e. The van der Waals surface area contributed by atoms with Gasteiger partial charge in [-0.05, 0) is 49.2 Å². The summed E-state index contributed by atoms with van der Waals surface area (Å²) in [7, 11) is 2.02. The Morgan fingerprint density at radius 3 is 2.36 bits per heavy atom. The van der Waals surface area contributed by atoms with Crippen molar-refractivity contribution < 1.29 is 4.57 Å². The number of aromatic nitrogens is 1. The molecule has 0 aliphatic rings. The van der Waals surface area contributed by atoms with Crippen LogP contribution in [0.2, 0.25) is 0 Å². The smallest absolute Gasteiger partial charge is 0.212 e. The molecule has 2 aromatic carbocycles. The van der Waals surface area contributed by atoms with Crippen LogP contribution >= 0.6 is 0 Å². The van der Waals surface area contributed by atoms with Crippen molar-refractivity contribution in [3.63, 3.8) is 0 Å². The number of hydrogen-bond donors (Lipinski definition) is 0. The molecule has 3 nitrogen and oxygen atoms in total. The second-order valence-electron chi connectivity index (χ2n) is 6.08. The number of hydrogen-bond acceptors (Lipinski definition) is 1. The largest absolute Gasteiger partial charge is 0.237 e. The number of pyridine rings is 1. The van der Waals surface area contributed by atoms with Crippen molar-refractivity contribution in [2.24, 2.45) is 7.05 Å². The summed E-state index contributed by atoms with van der Waals surface area (Å²) in [5.41, 5.74) is 7.28. The number of nitrogens with zero attached hydrogens (tertiary/aromatic N) is 3. The number of rotatable bonds is 2. The topological polar surface area (TPSA) is 32.0 Å². The Morgan fingerprint density at radius 1 is 0.960 bits per heavy atom. The van der Waals surface area contributed by atoms with Crippen molar-refractivity contribution >= 4 is 5.69 Å². The summed E-state index contributed by atoms with van der Waals surface area (Å²) in [4.78, 5) is 3.66. The fourth-order valence-electron chi connectivity index (χ4n) is 3.22. The van der Waals surface area contributed by atoms with Gasteiger partial charge in [0, 0.05) is 23.3 Å². The Hall–Kier alpha value is -3.43. The molecule has 0 unspecified atom stereocenters. The highest BCUT2D eigenvalue weighted by molar-refractivity contribution is 5.79. The molecule has 0 saturated carbocycles. The molecule has 0 saturated heterocycles. The highest BCUT2D eigenvalue weighted by atomic mass is 15.0. The molecular weight excluding hydrogens is 306 g/mol. The maximum atomic E-state index is 9.16. The first-order valence-corrected chi connectivity index (χ1v) is 8.04. The van der Waals surface area contributed by atoms with Gasteiger partial charge in [0.25, 0.3) is 0 Å². The van der Waals surface area contributed by atoms with Crippen LogP contribution in [0.15, 0.2) is 54.6 Å². The van der Waals surface area contributed by atoms with Crippen LogP contribution in [-0.4, -0.2) is 0 Å². The average molecular weight is 324 g/mol. The molecule has 0 fully saturated rings. The van der Waals surface area contributed by atoms with Gasteiger partial charge < -0.3 is 0 Å². The molecule has 3 heteroatoms. The van der Waals surface area contributed by atoms with E-state index in [2.05, 4.69) is 40.6 Å². The molecule has 0 aliphatic heterocycles. The van der Waals surface area contributed by atoms with Crippen molar-refractivity contribution in [3.05, 3.63) is 82.7 Å². The standard InChI is InChI=1S/C22H18N3/c1-15-8-5-6-9-18(15)20-10-7-11-21(25(20)4)22-16(2)12-17(14-23)13-19(22)24-3/h5-13H,1-2,4H3/q+1. The summed E-state index contributed by atoms with van der Waals surface area (Å²) in [6.07, 6.45) is 0. The van der Waals surface area contributed by atoms with E-state index in [1.807, 2.05) is 44.3 Å². The van der Waals surface area contributed by atoms with Crippen LogP contribution in [-0.2, 0) is 7.05 Å². The van der Waals surface area contributed by atoms with Crippen LogP contribution in [0.1, 0.15) is 16.7 Å². The Bertz CT molecular complexity index is 1050. The van der Waals surface area contributed by atoms with Gasteiger partial charge in [0.05, 0.1) is 18.2 Å². The molecule has 0 atom stereocenters. The minimum atomic E-state index is 0.508. The lowest BCUT2D eigenvalue weighted by Crippen LogP contribution is -2.34. The normalized spacial score (nSPS) is 10.1. The first-order chi connectivity index (χ1) is 12.1. The van der Waals surface area contributed by atoms with E-state index in [-0.39, 0.29) is 0 Å². The molecule has 25 heavy (non-hydrogen) atoms. The molecule has 0 bridgehead atoms. The fraction of sp³-hybridized carbons (Fsp3) is 0.136.